The number of Topliss-reactive ketones (excluding diaryl/α,β-unsaturated/α-hetero) is 3. The van der Waals surface area contributed by atoms with Crippen molar-refractivity contribution >= 4 is 23.1 Å². The van der Waals surface area contributed by atoms with Crippen LogP contribution in [0.3, 0.4) is 0 Å². The number of aromatic hydroxyl groups is 2. The number of aliphatic hydroxyl groups excluding tert-OH is 1. The Morgan fingerprint density at radius 3 is 2.05 bits per heavy atom. The molecule has 1 aromatic rings. The molecule has 0 amide bonds. The van der Waals surface area contributed by atoms with Gasteiger partial charge < -0.3 is 15.3 Å². The van der Waals surface area contributed by atoms with Crippen molar-refractivity contribution in [3.05, 3.63) is 76.4 Å². The Balaban J connectivity index is 0.00000529. The number of ketones is 3. The summed E-state index contributed by atoms with van der Waals surface area (Å²) in [6.07, 6.45) is 7.79. The maximum Gasteiger partial charge on any atom is 0.184 e. The van der Waals surface area contributed by atoms with E-state index in [1.54, 1.807) is 0 Å². The minimum absolute atomic E-state index is 0. The summed E-state index contributed by atoms with van der Waals surface area (Å²) in [5, 5.41) is 31.7. The van der Waals surface area contributed by atoms with Gasteiger partial charge in [-0.25, -0.2) is 0 Å². The smallest absolute Gasteiger partial charge is 0.184 e. The van der Waals surface area contributed by atoms with Gasteiger partial charge in [-0.05, 0) is 116 Å². The molecule has 2 aliphatic carbocycles. The number of carbonyl (C=O) groups excluding carboxylic acids is 3. The number of allylic oxidation sites excluding steroid dienone is 8. The summed E-state index contributed by atoms with van der Waals surface area (Å²) in [5.41, 5.74) is -0.453. The quantitative estimate of drug-likeness (QED) is 0.0611. The molecule has 0 aliphatic heterocycles. The largest absolute Gasteiger partial charge is 0.506 e. The fourth-order valence-electron chi connectivity index (χ4n) is 7.08. The molecule has 3 N–H and O–H groups in total. The van der Waals surface area contributed by atoms with Crippen molar-refractivity contribution in [2.24, 2.45) is 28.1 Å². The summed E-state index contributed by atoms with van der Waals surface area (Å²) >= 11 is 0. The van der Waals surface area contributed by atoms with Crippen molar-refractivity contribution < 1.29 is 32.6 Å². The number of aliphatic hydroxyl groups is 1. The zero-order chi connectivity index (χ0) is 33.4. The summed E-state index contributed by atoms with van der Waals surface area (Å²) < 4.78 is 0. The molecule has 0 saturated heterocycles. The van der Waals surface area contributed by atoms with Crippen LogP contribution in [-0.2, 0) is 14.4 Å². The molecule has 6 nitrogen and oxygen atoms in total. The van der Waals surface area contributed by atoms with Crippen molar-refractivity contribution in [1.29, 1.82) is 0 Å². The van der Waals surface area contributed by atoms with Crippen LogP contribution in [0.5, 0.6) is 11.5 Å². The minimum Gasteiger partial charge on any atom is -0.506 e. The van der Waals surface area contributed by atoms with E-state index in [2.05, 4.69) is 18.7 Å². The zero-order valence-corrected chi connectivity index (χ0v) is 27.9. The molecule has 4 atom stereocenters. The molecule has 0 aromatic heterocycles. The molecule has 2 saturated carbocycles. The van der Waals surface area contributed by atoms with Gasteiger partial charge in [-0.15, -0.1) is 0 Å². The first-order chi connectivity index (χ1) is 20.3. The highest BCUT2D eigenvalue weighted by molar-refractivity contribution is 6.41. The van der Waals surface area contributed by atoms with Crippen molar-refractivity contribution in [3.63, 3.8) is 0 Å². The molecule has 0 radical (unpaired) electrons. The number of rotatable bonds is 10. The van der Waals surface area contributed by atoms with Gasteiger partial charge in [0.05, 0.1) is 5.41 Å². The average molecular weight is 607 g/mol. The van der Waals surface area contributed by atoms with Gasteiger partial charge in [-0.1, -0.05) is 60.9 Å². The van der Waals surface area contributed by atoms with E-state index >= 15 is 4.79 Å². The highest BCUT2D eigenvalue weighted by Crippen LogP contribution is 2.66. The lowest BCUT2D eigenvalue weighted by Gasteiger charge is -2.60. The van der Waals surface area contributed by atoms with Crippen LogP contribution in [0.1, 0.15) is 103 Å². The molecule has 2 fully saturated rings. The highest BCUT2D eigenvalue weighted by Gasteiger charge is 2.74. The first-order valence-electron chi connectivity index (χ1n) is 15.5. The van der Waals surface area contributed by atoms with Crippen LogP contribution in [0, 0.1) is 28.1 Å². The number of carbonyl (C=O) groups is 3. The van der Waals surface area contributed by atoms with Gasteiger partial charge in [0, 0.05) is 8.42 Å². The minimum atomic E-state index is -1.62. The maximum atomic E-state index is 15.2. The first kappa shape index (κ1) is 34.8. The second-order valence-electron chi connectivity index (χ2n) is 14.3. The third kappa shape index (κ3) is 6.00. The molecule has 0 unspecified atom stereocenters. The lowest BCUT2D eigenvalue weighted by molar-refractivity contribution is -0.177. The van der Waals surface area contributed by atoms with Crippen LogP contribution < -0.4 is 0 Å². The van der Waals surface area contributed by atoms with E-state index in [-0.39, 0.29) is 45.3 Å². The summed E-state index contributed by atoms with van der Waals surface area (Å²) in [5.74, 6) is -3.61. The van der Waals surface area contributed by atoms with E-state index in [9.17, 15) is 24.9 Å². The van der Waals surface area contributed by atoms with Gasteiger partial charge in [0.1, 0.15) is 16.7 Å². The van der Waals surface area contributed by atoms with E-state index in [4.69, 9.17) is 0 Å². The number of benzene rings is 1. The van der Waals surface area contributed by atoms with E-state index in [0.29, 0.717) is 12.8 Å². The van der Waals surface area contributed by atoms with Crippen LogP contribution >= 0.6 is 0 Å². The molecular formula is C38H54O6. The third-order valence-electron chi connectivity index (χ3n) is 10.0. The van der Waals surface area contributed by atoms with Crippen LogP contribution in [-0.4, -0.2) is 32.7 Å². The van der Waals surface area contributed by atoms with Crippen molar-refractivity contribution in [2.45, 2.75) is 94.4 Å². The van der Waals surface area contributed by atoms with Crippen molar-refractivity contribution in [2.75, 3.05) is 0 Å². The van der Waals surface area contributed by atoms with Crippen molar-refractivity contribution in [3.8, 4) is 11.5 Å². The van der Waals surface area contributed by atoms with Gasteiger partial charge in [-0.2, -0.15) is 0 Å². The average Bonchev–Trinajstić information content (AvgIpc) is 2.91. The molecular weight excluding hydrogens is 552 g/mol. The summed E-state index contributed by atoms with van der Waals surface area (Å²) in [6.45, 7) is 21.9. The summed E-state index contributed by atoms with van der Waals surface area (Å²) in [7, 11) is 0. The lowest BCUT2D eigenvalue weighted by atomic mass is 9.38. The van der Waals surface area contributed by atoms with Crippen LogP contribution in [0.4, 0.5) is 0 Å². The second kappa shape index (κ2) is 12.7. The standard InChI is InChI=1S/C38H50O6.2H2/c1-22(2)11-13-27(25(7)8)20-37-21-28(15-12-23(3)4)36(9,10)38(35(37)44,18-17-24(5)6)34(43)31(33(37)42)32(41)26-14-16-29(39)30(40)19-26;;/h11-12,14,16-17,19,27-28,39-41H,7,13,15,18,20-21H2,1-6,8-10H3;2*1H/t27-,28-,37-,38+;;/m1../s1. The van der Waals surface area contributed by atoms with Gasteiger partial charge in [0.25, 0.3) is 0 Å². The van der Waals surface area contributed by atoms with Crippen LogP contribution in [0.2, 0.25) is 0 Å². The lowest BCUT2D eigenvalue weighted by Crippen LogP contribution is -2.69. The molecule has 1 aromatic carbocycles. The zero-order valence-electron chi connectivity index (χ0n) is 27.9. The Morgan fingerprint density at radius 1 is 0.932 bits per heavy atom. The molecule has 2 bridgehead atoms. The SMILES string of the molecule is C=C(C)[C@H](CC=C(C)C)C[C@@]12C[C@@H](CC=C(C)C)C(C)(C)[C@@](CC=C(C)C)(C(=O)C(=C(O)c3ccc(O)c(O)c3)C1=O)C2=O.[HH].[HH]. The molecule has 0 heterocycles. The van der Waals surface area contributed by atoms with Crippen LogP contribution in [0.15, 0.2) is 70.9 Å². The molecule has 2 aliphatic rings. The predicted molar refractivity (Wildman–Crippen MR) is 180 cm³/mol. The topological polar surface area (TPSA) is 112 Å². The van der Waals surface area contributed by atoms with E-state index in [1.165, 1.54) is 12.1 Å². The second-order valence-corrected chi connectivity index (χ2v) is 14.3. The van der Waals surface area contributed by atoms with E-state index in [1.807, 2.05) is 68.4 Å². The van der Waals surface area contributed by atoms with Gasteiger partial charge in [0.2, 0.25) is 0 Å². The summed E-state index contributed by atoms with van der Waals surface area (Å²) in [6, 6.07) is 3.65. The van der Waals surface area contributed by atoms with Gasteiger partial charge >= 0.3 is 0 Å². The number of phenols is 2. The molecule has 3 rings (SSSR count). The number of hydrogen-bond acceptors (Lipinski definition) is 6. The fourth-order valence-corrected chi connectivity index (χ4v) is 7.08. The van der Waals surface area contributed by atoms with E-state index in [0.717, 1.165) is 28.4 Å². The van der Waals surface area contributed by atoms with Gasteiger partial charge in [0.15, 0.2) is 28.8 Å². The number of phenolic OH excluding ortho intramolecular Hbond substituents is 2. The Hall–Kier alpha value is -3.67. The predicted octanol–water partition coefficient (Wildman–Crippen LogP) is 9.25. The molecule has 0 spiro atoms. The Kier molecular flexibility index (Phi) is 10.1. The highest BCUT2D eigenvalue weighted by atomic mass is 16.3. The molecule has 242 valence electrons. The normalized spacial score (nSPS) is 26.0. The molecule has 44 heavy (non-hydrogen) atoms. The Morgan fingerprint density at radius 2 is 1.52 bits per heavy atom. The summed E-state index contributed by atoms with van der Waals surface area (Å²) in [4.78, 5) is 44.9. The Bertz CT molecular complexity index is 1500. The monoisotopic (exact) mass is 606 g/mol. The van der Waals surface area contributed by atoms with Crippen molar-refractivity contribution in [1.82, 2.24) is 0 Å². The van der Waals surface area contributed by atoms with Gasteiger partial charge in [-0.3, -0.25) is 14.4 Å². The fraction of sp³-hybridized carbons (Fsp3) is 0.500. The van der Waals surface area contributed by atoms with E-state index < -0.39 is 50.6 Å². The number of hydrogen-bond donors (Lipinski definition) is 3. The Labute approximate surface area is 265 Å². The third-order valence-corrected chi connectivity index (χ3v) is 10.0. The molecule has 6 heteroatoms. The maximum absolute atomic E-state index is 15.2. The number of fused-ring (bicyclic) bond motifs is 2. The first-order valence-corrected chi connectivity index (χ1v) is 15.5. The van der Waals surface area contributed by atoms with Crippen LogP contribution in [0.25, 0.3) is 5.76 Å².